The van der Waals surface area contributed by atoms with Crippen LogP contribution in [0.15, 0.2) is 18.2 Å². The summed E-state index contributed by atoms with van der Waals surface area (Å²) in [5.41, 5.74) is 1.02. The predicted molar refractivity (Wildman–Crippen MR) is 80.6 cm³/mol. The molecule has 0 saturated heterocycles. The Morgan fingerprint density at radius 3 is 2.95 bits per heavy atom. The molecule has 0 aromatic heterocycles. The molecule has 1 fully saturated rings. The quantitative estimate of drug-likeness (QED) is 0.847. The lowest BCUT2D eigenvalue weighted by Crippen LogP contribution is -2.29. The zero-order valence-electron chi connectivity index (χ0n) is 12.9. The topological polar surface area (TPSA) is 47.6 Å². The highest BCUT2D eigenvalue weighted by molar-refractivity contribution is 5.81. The maximum atomic E-state index is 11.7. The average molecular weight is 289 g/mol. The van der Waals surface area contributed by atoms with E-state index in [1.807, 2.05) is 12.1 Å². The van der Waals surface area contributed by atoms with Crippen LogP contribution in [0.5, 0.6) is 11.5 Å². The van der Waals surface area contributed by atoms with E-state index in [-0.39, 0.29) is 17.4 Å². The first-order chi connectivity index (χ1) is 9.96. The molecular formula is C17H23NO3. The van der Waals surface area contributed by atoms with Gasteiger partial charge in [0.15, 0.2) is 11.5 Å². The number of hydrogen-bond donors (Lipinski definition) is 1. The van der Waals surface area contributed by atoms with E-state index in [0.29, 0.717) is 19.1 Å². The molecule has 21 heavy (non-hydrogen) atoms. The Balaban J connectivity index is 1.50. The molecule has 4 nitrogen and oxygen atoms in total. The molecule has 1 aliphatic heterocycles. The third-order valence-electron chi connectivity index (χ3n) is 4.16. The maximum absolute atomic E-state index is 11.7. The van der Waals surface area contributed by atoms with Gasteiger partial charge in [0.1, 0.15) is 12.2 Å². The van der Waals surface area contributed by atoms with Gasteiger partial charge in [-0.05, 0) is 32.3 Å². The number of ether oxygens (including phenoxy) is 2. The Kier molecular flexibility index (Phi) is 3.56. The molecule has 1 heterocycles. The Labute approximate surface area is 125 Å². The molecule has 0 unspecified atom stereocenters. The molecular weight excluding hydrogens is 266 g/mol. The van der Waals surface area contributed by atoms with Gasteiger partial charge in [-0.3, -0.25) is 4.79 Å². The van der Waals surface area contributed by atoms with E-state index in [1.54, 1.807) is 0 Å². The van der Waals surface area contributed by atoms with Crippen molar-refractivity contribution in [2.45, 2.75) is 39.2 Å². The van der Waals surface area contributed by atoms with E-state index in [4.69, 9.17) is 9.47 Å². The minimum Gasteiger partial charge on any atom is -0.488 e. The molecule has 1 N–H and O–H groups in total. The second-order valence-electron chi connectivity index (χ2n) is 6.74. The monoisotopic (exact) mass is 289 g/mol. The van der Waals surface area contributed by atoms with Crippen LogP contribution in [0.4, 0.5) is 0 Å². The van der Waals surface area contributed by atoms with E-state index in [2.05, 4.69) is 32.2 Å². The largest absolute Gasteiger partial charge is 0.488 e. The van der Waals surface area contributed by atoms with Gasteiger partial charge < -0.3 is 14.8 Å². The van der Waals surface area contributed by atoms with Gasteiger partial charge in [-0.2, -0.15) is 0 Å². The lowest BCUT2D eigenvalue weighted by Gasteiger charge is -2.18. The van der Waals surface area contributed by atoms with Gasteiger partial charge in [-0.1, -0.05) is 19.1 Å². The fourth-order valence-corrected chi connectivity index (χ4v) is 2.85. The smallest absolute Gasteiger partial charge is 0.223 e. The van der Waals surface area contributed by atoms with Crippen molar-refractivity contribution in [2.24, 2.45) is 11.8 Å². The van der Waals surface area contributed by atoms with Gasteiger partial charge >= 0.3 is 0 Å². The van der Waals surface area contributed by atoms with Crippen LogP contribution in [-0.2, 0) is 11.2 Å². The second-order valence-corrected chi connectivity index (χ2v) is 6.74. The zero-order valence-corrected chi connectivity index (χ0v) is 12.9. The van der Waals surface area contributed by atoms with E-state index in [9.17, 15) is 4.79 Å². The fraction of sp³-hybridized carbons (Fsp3) is 0.588. The highest BCUT2D eigenvalue weighted by Crippen LogP contribution is 2.41. The van der Waals surface area contributed by atoms with E-state index >= 15 is 0 Å². The summed E-state index contributed by atoms with van der Waals surface area (Å²) >= 11 is 0. The van der Waals surface area contributed by atoms with E-state index < -0.39 is 0 Å². The van der Waals surface area contributed by atoms with Crippen molar-refractivity contribution in [1.82, 2.24) is 5.32 Å². The number of benzene rings is 1. The summed E-state index contributed by atoms with van der Waals surface area (Å²) in [6.07, 6.45) is 1.91. The van der Waals surface area contributed by atoms with Crippen LogP contribution in [0.25, 0.3) is 0 Å². The SMILES string of the molecule is C[C@@H]1C[C@@H]1C(=O)NCCOc1cccc2c1OC(C)(C)C2. The Bertz CT molecular complexity index is 553. The van der Waals surface area contributed by atoms with Gasteiger partial charge in [0.25, 0.3) is 0 Å². The van der Waals surface area contributed by atoms with E-state index in [1.165, 1.54) is 5.56 Å². The van der Waals surface area contributed by atoms with Gasteiger partial charge in [-0.25, -0.2) is 0 Å². The van der Waals surface area contributed by atoms with Crippen molar-refractivity contribution < 1.29 is 14.3 Å². The number of carbonyl (C=O) groups is 1. The summed E-state index contributed by atoms with van der Waals surface area (Å²) in [7, 11) is 0. The van der Waals surface area contributed by atoms with Crippen LogP contribution in [0, 0.1) is 11.8 Å². The summed E-state index contributed by atoms with van der Waals surface area (Å²) in [6.45, 7) is 7.26. The first-order valence-corrected chi connectivity index (χ1v) is 7.68. The molecule has 3 rings (SSSR count). The van der Waals surface area contributed by atoms with E-state index in [0.717, 1.165) is 24.3 Å². The van der Waals surface area contributed by atoms with Gasteiger partial charge in [0, 0.05) is 17.9 Å². The Morgan fingerprint density at radius 2 is 2.24 bits per heavy atom. The van der Waals surface area contributed by atoms with Crippen LogP contribution < -0.4 is 14.8 Å². The first kappa shape index (κ1) is 14.2. The maximum Gasteiger partial charge on any atom is 0.223 e. The van der Waals surface area contributed by atoms with Crippen molar-refractivity contribution in [1.29, 1.82) is 0 Å². The molecule has 2 aliphatic rings. The first-order valence-electron chi connectivity index (χ1n) is 7.68. The standard InChI is InChI=1S/C17H23NO3/c1-11-9-13(11)16(19)18-7-8-20-14-6-4-5-12-10-17(2,3)21-15(12)14/h4-6,11,13H,7-10H2,1-3H3,(H,18,19)/t11-,13+/m1/s1. The lowest BCUT2D eigenvalue weighted by molar-refractivity contribution is -0.122. The minimum absolute atomic E-state index is 0.154. The molecule has 114 valence electrons. The van der Waals surface area contributed by atoms with Crippen molar-refractivity contribution in [2.75, 3.05) is 13.2 Å². The molecule has 1 aromatic rings. The van der Waals surface area contributed by atoms with Crippen molar-refractivity contribution in [3.63, 3.8) is 0 Å². The highest BCUT2D eigenvalue weighted by Gasteiger charge is 2.38. The fourth-order valence-electron chi connectivity index (χ4n) is 2.85. The van der Waals surface area contributed by atoms with Crippen LogP contribution in [-0.4, -0.2) is 24.7 Å². The third-order valence-corrected chi connectivity index (χ3v) is 4.16. The molecule has 2 atom stereocenters. The molecule has 1 aromatic carbocycles. The number of para-hydroxylation sites is 1. The van der Waals surface area contributed by atoms with Crippen molar-refractivity contribution in [3.8, 4) is 11.5 Å². The Hall–Kier alpha value is -1.71. The zero-order chi connectivity index (χ0) is 15.0. The number of amides is 1. The van der Waals surface area contributed by atoms with Crippen LogP contribution >= 0.6 is 0 Å². The molecule has 1 saturated carbocycles. The number of fused-ring (bicyclic) bond motifs is 1. The Morgan fingerprint density at radius 1 is 1.48 bits per heavy atom. The van der Waals surface area contributed by atoms with Crippen molar-refractivity contribution in [3.05, 3.63) is 23.8 Å². The molecule has 0 spiro atoms. The predicted octanol–water partition coefficient (Wildman–Crippen LogP) is 2.55. The summed E-state index contributed by atoms with van der Waals surface area (Å²) in [6, 6.07) is 5.99. The summed E-state index contributed by atoms with van der Waals surface area (Å²) in [5.74, 6) is 2.53. The average Bonchev–Trinajstić information content (AvgIpc) is 3.05. The highest BCUT2D eigenvalue weighted by atomic mass is 16.5. The van der Waals surface area contributed by atoms with Gasteiger partial charge in [0.2, 0.25) is 5.91 Å². The van der Waals surface area contributed by atoms with Gasteiger partial charge in [-0.15, -0.1) is 0 Å². The number of rotatable bonds is 5. The molecule has 0 bridgehead atoms. The van der Waals surface area contributed by atoms with Crippen molar-refractivity contribution >= 4 is 5.91 Å². The van der Waals surface area contributed by atoms with Crippen LogP contribution in [0.3, 0.4) is 0 Å². The summed E-state index contributed by atoms with van der Waals surface area (Å²) < 4.78 is 11.7. The number of hydrogen-bond acceptors (Lipinski definition) is 3. The van der Waals surface area contributed by atoms with Gasteiger partial charge in [0.05, 0.1) is 6.54 Å². The second kappa shape index (κ2) is 5.24. The number of carbonyl (C=O) groups excluding carboxylic acids is 1. The third kappa shape index (κ3) is 3.14. The lowest BCUT2D eigenvalue weighted by atomic mass is 10.0. The molecule has 4 heteroatoms. The summed E-state index contributed by atoms with van der Waals surface area (Å²) in [5, 5.41) is 2.92. The minimum atomic E-state index is -0.169. The molecule has 1 amide bonds. The normalized spacial score (nSPS) is 24.9. The molecule has 0 radical (unpaired) electrons. The van der Waals surface area contributed by atoms with Crippen LogP contribution in [0.1, 0.15) is 32.8 Å². The van der Waals surface area contributed by atoms with Crippen LogP contribution in [0.2, 0.25) is 0 Å². The number of nitrogens with one attached hydrogen (secondary N) is 1. The summed E-state index contributed by atoms with van der Waals surface area (Å²) in [4.78, 5) is 11.7. The molecule has 1 aliphatic carbocycles.